The number of aryl methyl sites for hydroxylation is 1. The lowest BCUT2D eigenvalue weighted by Gasteiger charge is -2.05. The minimum absolute atomic E-state index is 0.00620. The average molecular weight is 177 g/mol. The highest BCUT2D eigenvalue weighted by atomic mass is 16.5. The SMILES string of the molecule is COc1cc2c(cc1C)CNC2=O. The third-order valence-corrected chi connectivity index (χ3v) is 2.30. The summed E-state index contributed by atoms with van der Waals surface area (Å²) in [6.45, 7) is 2.61. The fourth-order valence-corrected chi connectivity index (χ4v) is 1.60. The summed E-state index contributed by atoms with van der Waals surface area (Å²) in [5.74, 6) is 0.768. The molecule has 3 nitrogen and oxygen atoms in total. The largest absolute Gasteiger partial charge is 0.496 e. The maximum absolute atomic E-state index is 11.3. The number of hydrogen-bond acceptors (Lipinski definition) is 2. The van der Waals surface area contributed by atoms with Gasteiger partial charge in [-0.25, -0.2) is 0 Å². The molecule has 0 aliphatic carbocycles. The number of ether oxygens (including phenoxy) is 1. The lowest BCUT2D eigenvalue weighted by molar-refractivity contribution is 0.0965. The predicted molar refractivity (Wildman–Crippen MR) is 48.9 cm³/mol. The van der Waals surface area contributed by atoms with E-state index < -0.39 is 0 Å². The fourth-order valence-electron chi connectivity index (χ4n) is 1.60. The van der Waals surface area contributed by atoms with Crippen molar-refractivity contribution in [2.45, 2.75) is 13.5 Å². The Morgan fingerprint density at radius 3 is 2.92 bits per heavy atom. The molecule has 2 rings (SSSR count). The van der Waals surface area contributed by atoms with Crippen LogP contribution in [0.25, 0.3) is 0 Å². The first-order chi connectivity index (χ1) is 6.22. The summed E-state index contributed by atoms with van der Waals surface area (Å²) >= 11 is 0. The Kier molecular flexibility index (Phi) is 1.72. The third-order valence-electron chi connectivity index (χ3n) is 2.30. The van der Waals surface area contributed by atoms with Crippen LogP contribution in [0.3, 0.4) is 0 Å². The smallest absolute Gasteiger partial charge is 0.252 e. The molecule has 0 unspecified atom stereocenters. The molecule has 0 bridgehead atoms. The molecule has 0 spiro atoms. The molecule has 0 aromatic heterocycles. The first kappa shape index (κ1) is 8.10. The molecule has 0 fully saturated rings. The molecule has 3 heteroatoms. The average Bonchev–Trinajstić information content (AvgIpc) is 2.46. The van der Waals surface area contributed by atoms with Crippen LogP contribution in [0.5, 0.6) is 5.75 Å². The van der Waals surface area contributed by atoms with Crippen molar-refractivity contribution in [3.8, 4) is 5.75 Å². The van der Waals surface area contributed by atoms with E-state index in [2.05, 4.69) is 5.32 Å². The van der Waals surface area contributed by atoms with Crippen molar-refractivity contribution in [2.75, 3.05) is 7.11 Å². The maximum atomic E-state index is 11.3. The molecule has 1 aromatic rings. The molecule has 1 amide bonds. The molecule has 13 heavy (non-hydrogen) atoms. The zero-order chi connectivity index (χ0) is 9.42. The van der Waals surface area contributed by atoms with Gasteiger partial charge in [-0.3, -0.25) is 4.79 Å². The quantitative estimate of drug-likeness (QED) is 0.701. The second kappa shape index (κ2) is 2.76. The van der Waals surface area contributed by atoms with Gasteiger partial charge in [0.2, 0.25) is 0 Å². The highest BCUT2D eigenvalue weighted by Crippen LogP contribution is 2.25. The van der Waals surface area contributed by atoms with Crippen LogP contribution in [0.1, 0.15) is 21.5 Å². The summed E-state index contributed by atoms with van der Waals surface area (Å²) in [5, 5.41) is 2.77. The van der Waals surface area contributed by atoms with Gasteiger partial charge in [-0.1, -0.05) is 0 Å². The summed E-state index contributed by atoms with van der Waals surface area (Å²) < 4.78 is 5.14. The highest BCUT2D eigenvalue weighted by Gasteiger charge is 2.20. The molecule has 1 N–H and O–H groups in total. The van der Waals surface area contributed by atoms with Gasteiger partial charge in [-0.15, -0.1) is 0 Å². The second-order valence-electron chi connectivity index (χ2n) is 3.16. The lowest BCUT2D eigenvalue weighted by Crippen LogP contribution is -2.12. The van der Waals surface area contributed by atoms with E-state index in [0.717, 1.165) is 22.4 Å². The van der Waals surface area contributed by atoms with Gasteiger partial charge in [0.1, 0.15) is 5.75 Å². The third kappa shape index (κ3) is 1.16. The number of rotatable bonds is 1. The molecular weight excluding hydrogens is 166 g/mol. The van der Waals surface area contributed by atoms with Crippen molar-refractivity contribution < 1.29 is 9.53 Å². The van der Waals surface area contributed by atoms with Crippen LogP contribution < -0.4 is 10.1 Å². The predicted octanol–water partition coefficient (Wildman–Crippen LogP) is 1.25. The van der Waals surface area contributed by atoms with Crippen LogP contribution in [0, 0.1) is 6.92 Å². The molecule has 1 aromatic carbocycles. The number of fused-ring (bicyclic) bond motifs is 1. The number of carbonyl (C=O) groups excluding carboxylic acids is 1. The lowest BCUT2D eigenvalue weighted by atomic mass is 10.1. The normalized spacial score (nSPS) is 13.8. The van der Waals surface area contributed by atoms with Crippen molar-refractivity contribution >= 4 is 5.91 Å². The number of hydrogen-bond donors (Lipinski definition) is 1. The van der Waals surface area contributed by atoms with E-state index in [1.165, 1.54) is 0 Å². The Labute approximate surface area is 76.7 Å². The standard InChI is InChI=1S/C10H11NO2/c1-6-3-7-5-11-10(12)8(7)4-9(6)13-2/h3-4H,5H2,1-2H3,(H,11,12). The first-order valence-corrected chi connectivity index (χ1v) is 4.18. The van der Waals surface area contributed by atoms with Gasteiger partial charge < -0.3 is 10.1 Å². The molecule has 0 radical (unpaired) electrons. The van der Waals surface area contributed by atoms with Crippen molar-refractivity contribution in [1.29, 1.82) is 0 Å². The first-order valence-electron chi connectivity index (χ1n) is 4.18. The van der Waals surface area contributed by atoms with Gasteiger partial charge in [0.25, 0.3) is 5.91 Å². The summed E-state index contributed by atoms with van der Waals surface area (Å²) in [6.07, 6.45) is 0. The van der Waals surface area contributed by atoms with E-state index >= 15 is 0 Å². The minimum atomic E-state index is -0.00620. The van der Waals surface area contributed by atoms with E-state index in [9.17, 15) is 4.79 Å². The van der Waals surface area contributed by atoms with Gasteiger partial charge in [0, 0.05) is 12.1 Å². The minimum Gasteiger partial charge on any atom is -0.496 e. The summed E-state index contributed by atoms with van der Waals surface area (Å²) in [4.78, 5) is 11.3. The highest BCUT2D eigenvalue weighted by molar-refractivity contribution is 5.98. The Bertz CT molecular complexity index is 371. The number of carbonyl (C=O) groups is 1. The molecule has 1 heterocycles. The number of benzene rings is 1. The van der Waals surface area contributed by atoms with E-state index in [-0.39, 0.29) is 5.91 Å². The molecule has 68 valence electrons. The Hall–Kier alpha value is -1.51. The van der Waals surface area contributed by atoms with Crippen LogP contribution in [-0.4, -0.2) is 13.0 Å². The Balaban J connectivity index is 2.57. The van der Waals surface area contributed by atoms with Crippen LogP contribution in [0.15, 0.2) is 12.1 Å². The maximum Gasteiger partial charge on any atom is 0.252 e. The molecule has 1 aliphatic heterocycles. The summed E-state index contributed by atoms with van der Waals surface area (Å²) in [6, 6.07) is 3.79. The van der Waals surface area contributed by atoms with Crippen LogP contribution in [0.4, 0.5) is 0 Å². The molecule has 0 atom stereocenters. The van der Waals surface area contributed by atoms with Crippen LogP contribution in [0.2, 0.25) is 0 Å². The van der Waals surface area contributed by atoms with Crippen molar-refractivity contribution in [3.63, 3.8) is 0 Å². The number of nitrogens with one attached hydrogen (secondary N) is 1. The number of methoxy groups -OCH3 is 1. The van der Waals surface area contributed by atoms with Crippen molar-refractivity contribution in [3.05, 3.63) is 28.8 Å². The monoisotopic (exact) mass is 177 g/mol. The second-order valence-corrected chi connectivity index (χ2v) is 3.16. The Morgan fingerprint density at radius 1 is 1.46 bits per heavy atom. The van der Waals surface area contributed by atoms with Gasteiger partial charge in [-0.2, -0.15) is 0 Å². The van der Waals surface area contributed by atoms with E-state index in [1.54, 1.807) is 13.2 Å². The van der Waals surface area contributed by atoms with E-state index in [1.807, 2.05) is 13.0 Å². The van der Waals surface area contributed by atoms with Crippen molar-refractivity contribution in [2.24, 2.45) is 0 Å². The molecule has 0 saturated heterocycles. The Morgan fingerprint density at radius 2 is 2.23 bits per heavy atom. The topological polar surface area (TPSA) is 38.3 Å². The zero-order valence-corrected chi connectivity index (χ0v) is 7.68. The summed E-state index contributed by atoms with van der Waals surface area (Å²) in [7, 11) is 1.61. The van der Waals surface area contributed by atoms with Crippen LogP contribution >= 0.6 is 0 Å². The molecule has 0 saturated carbocycles. The van der Waals surface area contributed by atoms with E-state index in [4.69, 9.17) is 4.74 Å². The summed E-state index contributed by atoms with van der Waals surface area (Å²) in [5.41, 5.74) is 2.86. The van der Waals surface area contributed by atoms with Crippen molar-refractivity contribution in [1.82, 2.24) is 5.32 Å². The van der Waals surface area contributed by atoms with Gasteiger partial charge >= 0.3 is 0 Å². The van der Waals surface area contributed by atoms with Gasteiger partial charge in [0.05, 0.1) is 7.11 Å². The number of amides is 1. The van der Waals surface area contributed by atoms with Gasteiger partial charge in [-0.05, 0) is 30.2 Å². The van der Waals surface area contributed by atoms with Crippen LogP contribution in [-0.2, 0) is 6.54 Å². The zero-order valence-electron chi connectivity index (χ0n) is 7.68. The molecule has 1 aliphatic rings. The molecular formula is C10H11NO2. The van der Waals surface area contributed by atoms with E-state index in [0.29, 0.717) is 6.54 Å². The van der Waals surface area contributed by atoms with Gasteiger partial charge in [0.15, 0.2) is 0 Å². The fraction of sp³-hybridized carbons (Fsp3) is 0.300.